The van der Waals surface area contributed by atoms with Crippen LogP contribution in [-0.4, -0.2) is 0 Å². The summed E-state index contributed by atoms with van der Waals surface area (Å²) in [5.74, 6) is 0. The second-order valence-corrected chi connectivity index (χ2v) is 14.4. The third-order valence-electron chi connectivity index (χ3n) is 11.3. The van der Waals surface area contributed by atoms with E-state index in [0.717, 1.165) is 51.8 Å². The van der Waals surface area contributed by atoms with Gasteiger partial charge in [-0.3, -0.25) is 0 Å². The van der Waals surface area contributed by atoms with Crippen molar-refractivity contribution < 1.29 is 4.42 Å². The van der Waals surface area contributed by atoms with Gasteiger partial charge in [0, 0.05) is 22.1 Å². The van der Waals surface area contributed by atoms with Crippen molar-refractivity contribution in [3.8, 4) is 22.3 Å². The first-order valence-electron chi connectivity index (χ1n) is 18.8. The number of nitrogens with zero attached hydrogens (tertiary/aromatic N) is 1. The molecule has 1 heterocycles. The first kappa shape index (κ1) is 30.7. The van der Waals surface area contributed by atoms with Gasteiger partial charge in [-0.25, -0.2) is 0 Å². The van der Waals surface area contributed by atoms with Crippen molar-refractivity contribution in [1.29, 1.82) is 0 Å². The molecule has 1 aliphatic rings. The highest BCUT2D eigenvalue weighted by atomic mass is 16.3. The quantitative estimate of drug-likeness (QED) is 0.179. The number of hydrogen-bond acceptors (Lipinski definition) is 2. The summed E-state index contributed by atoms with van der Waals surface area (Å²) in [6, 6.07) is 68.3. The Morgan fingerprint density at radius 3 is 1.67 bits per heavy atom. The van der Waals surface area contributed by atoms with E-state index in [0.29, 0.717) is 0 Å². The van der Waals surface area contributed by atoms with E-state index in [1.165, 1.54) is 66.1 Å². The smallest absolute Gasteiger partial charge is 0.159 e. The normalized spacial score (nSPS) is 12.3. The summed E-state index contributed by atoms with van der Waals surface area (Å²) in [5, 5.41) is 7.68. The fraction of sp³-hybridized carbons (Fsp3) is 0.0385. The standard InChI is InChI=1S/C52H35NO/c1-2-10-34(11-3-1)35-22-27-42(28-23-35)53(48-20-9-19-47-45-17-4-5-21-49(45)54-52(47)48)43-29-24-36(25-30-43)44-31-26-41-33-39-15-7-13-37-12-6-14-38(50(37)39)32-40-16-8-18-46(44)51(40)41/h1-31H,32-33H2. The van der Waals surface area contributed by atoms with Crippen LogP contribution in [-0.2, 0) is 12.8 Å². The van der Waals surface area contributed by atoms with Gasteiger partial charge in [0.1, 0.15) is 5.58 Å². The van der Waals surface area contributed by atoms with Crippen molar-refractivity contribution in [3.63, 3.8) is 0 Å². The molecule has 10 aromatic rings. The summed E-state index contributed by atoms with van der Waals surface area (Å²) in [7, 11) is 0. The van der Waals surface area contributed by atoms with Gasteiger partial charge in [0.2, 0.25) is 0 Å². The molecule has 2 heteroatoms. The number of fused-ring (bicyclic) bond motifs is 3. The zero-order chi connectivity index (χ0) is 35.6. The average molecular weight is 690 g/mol. The molecule has 0 N–H and O–H groups in total. The molecule has 0 spiro atoms. The lowest BCUT2D eigenvalue weighted by molar-refractivity contribution is 0.669. The molecular formula is C52H35NO. The van der Waals surface area contributed by atoms with Crippen LogP contribution in [0.2, 0.25) is 0 Å². The van der Waals surface area contributed by atoms with Crippen LogP contribution < -0.4 is 4.90 Å². The van der Waals surface area contributed by atoms with Crippen LogP contribution in [0.25, 0.3) is 65.7 Å². The van der Waals surface area contributed by atoms with Crippen molar-refractivity contribution in [3.05, 3.63) is 210 Å². The van der Waals surface area contributed by atoms with Gasteiger partial charge < -0.3 is 9.32 Å². The number of anilines is 3. The fourth-order valence-electron chi connectivity index (χ4n) is 8.87. The number of furan rings is 1. The van der Waals surface area contributed by atoms with Crippen molar-refractivity contribution in [2.24, 2.45) is 0 Å². The van der Waals surface area contributed by atoms with Crippen LogP contribution in [0.5, 0.6) is 0 Å². The summed E-state index contributed by atoms with van der Waals surface area (Å²) in [6.07, 6.45) is 1.85. The maximum absolute atomic E-state index is 6.60. The van der Waals surface area contributed by atoms with E-state index in [-0.39, 0.29) is 0 Å². The highest BCUT2D eigenvalue weighted by Gasteiger charge is 2.21. The average Bonchev–Trinajstić information content (AvgIpc) is 3.61. The van der Waals surface area contributed by atoms with Gasteiger partial charge in [0.15, 0.2) is 5.58 Å². The molecule has 0 aliphatic heterocycles. The Kier molecular flexibility index (Phi) is 7.03. The van der Waals surface area contributed by atoms with Gasteiger partial charge in [0.25, 0.3) is 0 Å². The first-order chi connectivity index (χ1) is 26.8. The number of benzene rings is 9. The van der Waals surface area contributed by atoms with Crippen LogP contribution in [0, 0.1) is 0 Å². The topological polar surface area (TPSA) is 16.4 Å². The lowest BCUT2D eigenvalue weighted by Crippen LogP contribution is -2.10. The van der Waals surface area contributed by atoms with Crippen molar-refractivity contribution in [2.75, 3.05) is 4.90 Å². The molecule has 11 rings (SSSR count). The maximum atomic E-state index is 6.60. The largest absolute Gasteiger partial charge is 0.454 e. The number of rotatable bonds is 5. The van der Waals surface area contributed by atoms with E-state index in [1.54, 1.807) is 0 Å². The third kappa shape index (κ3) is 4.95. The highest BCUT2D eigenvalue weighted by Crippen LogP contribution is 2.44. The molecule has 0 amide bonds. The molecular weight excluding hydrogens is 655 g/mol. The molecule has 9 aromatic carbocycles. The Morgan fingerprint density at radius 1 is 0.370 bits per heavy atom. The predicted molar refractivity (Wildman–Crippen MR) is 226 cm³/mol. The van der Waals surface area contributed by atoms with Crippen molar-refractivity contribution in [2.45, 2.75) is 12.8 Å². The van der Waals surface area contributed by atoms with Crippen LogP contribution >= 0.6 is 0 Å². The Labute approximate surface area is 314 Å². The maximum Gasteiger partial charge on any atom is 0.159 e. The highest BCUT2D eigenvalue weighted by molar-refractivity contribution is 6.10. The van der Waals surface area contributed by atoms with Gasteiger partial charge >= 0.3 is 0 Å². The Bertz CT molecular complexity index is 2980. The van der Waals surface area contributed by atoms with Gasteiger partial charge in [-0.05, 0) is 115 Å². The molecule has 0 unspecified atom stereocenters. The zero-order valence-electron chi connectivity index (χ0n) is 29.7. The second kappa shape index (κ2) is 12.4. The van der Waals surface area contributed by atoms with Crippen molar-refractivity contribution >= 4 is 60.5 Å². The van der Waals surface area contributed by atoms with Gasteiger partial charge in [-0.15, -0.1) is 0 Å². The predicted octanol–water partition coefficient (Wildman–Crippen LogP) is 14.2. The minimum absolute atomic E-state index is 0.878. The van der Waals surface area contributed by atoms with E-state index in [4.69, 9.17) is 4.42 Å². The van der Waals surface area contributed by atoms with Crippen LogP contribution in [0.15, 0.2) is 192 Å². The molecule has 0 bridgehead atoms. The SMILES string of the molecule is c1ccc(-c2ccc(N(c3ccc(-c4ccc5c6c(cccc46)Cc4cccc6cccc(c46)C5)cc3)c3cccc4c3oc3ccccc34)cc2)cc1. The fourth-order valence-corrected chi connectivity index (χ4v) is 8.87. The van der Waals surface area contributed by atoms with E-state index >= 15 is 0 Å². The summed E-state index contributed by atoms with van der Waals surface area (Å²) in [6.45, 7) is 0. The van der Waals surface area contributed by atoms with Gasteiger partial charge in [-0.2, -0.15) is 0 Å². The molecule has 1 aromatic heterocycles. The third-order valence-corrected chi connectivity index (χ3v) is 11.3. The first-order valence-corrected chi connectivity index (χ1v) is 18.8. The second-order valence-electron chi connectivity index (χ2n) is 14.4. The summed E-state index contributed by atoms with van der Waals surface area (Å²) in [4.78, 5) is 2.33. The summed E-state index contributed by atoms with van der Waals surface area (Å²) < 4.78 is 6.60. The summed E-state index contributed by atoms with van der Waals surface area (Å²) in [5.41, 5.74) is 15.4. The molecule has 0 radical (unpaired) electrons. The van der Waals surface area contributed by atoms with Gasteiger partial charge in [-0.1, -0.05) is 152 Å². The van der Waals surface area contributed by atoms with Crippen molar-refractivity contribution in [1.82, 2.24) is 0 Å². The van der Waals surface area contributed by atoms with Crippen LogP contribution in [0.4, 0.5) is 17.1 Å². The molecule has 0 fully saturated rings. The minimum atomic E-state index is 0.878. The molecule has 0 saturated heterocycles. The summed E-state index contributed by atoms with van der Waals surface area (Å²) >= 11 is 0. The zero-order valence-corrected chi connectivity index (χ0v) is 29.7. The Balaban J connectivity index is 1.04. The molecule has 1 aliphatic carbocycles. The molecule has 0 saturated carbocycles. The van der Waals surface area contributed by atoms with E-state index in [9.17, 15) is 0 Å². The van der Waals surface area contributed by atoms with Gasteiger partial charge in [0.05, 0.1) is 5.69 Å². The van der Waals surface area contributed by atoms with Crippen LogP contribution in [0.3, 0.4) is 0 Å². The number of para-hydroxylation sites is 2. The van der Waals surface area contributed by atoms with Crippen LogP contribution in [0.1, 0.15) is 22.3 Å². The molecule has 254 valence electrons. The van der Waals surface area contributed by atoms with E-state index < -0.39 is 0 Å². The van der Waals surface area contributed by atoms with E-state index in [1.807, 2.05) is 6.07 Å². The minimum Gasteiger partial charge on any atom is -0.454 e. The monoisotopic (exact) mass is 689 g/mol. The molecule has 0 atom stereocenters. The number of hydrogen-bond donors (Lipinski definition) is 0. The molecule has 54 heavy (non-hydrogen) atoms. The lowest BCUT2D eigenvalue weighted by Gasteiger charge is -2.26. The Hall–Kier alpha value is -6.90. The lowest BCUT2D eigenvalue weighted by atomic mass is 9.83. The molecule has 2 nitrogen and oxygen atoms in total. The van der Waals surface area contributed by atoms with E-state index in [2.05, 4.69) is 187 Å². The Morgan fingerprint density at radius 2 is 0.926 bits per heavy atom.